The molecular weight excluding hydrogens is 262 g/mol. The third-order valence-electron chi connectivity index (χ3n) is 5.84. The van der Waals surface area contributed by atoms with E-state index >= 15 is 0 Å². The number of rotatable bonds is 3. The maximum Gasteiger partial charge on any atom is 0.229 e. The Bertz CT molecular complexity index is 511. The molecule has 4 saturated carbocycles. The molecular formula is C17H23N3O. The fourth-order valence-corrected chi connectivity index (χ4v) is 5.18. The zero-order valence-electron chi connectivity index (χ0n) is 12.3. The number of hydrogen-bond acceptors (Lipinski definition) is 3. The van der Waals surface area contributed by atoms with Crippen LogP contribution in [0.3, 0.4) is 0 Å². The Balaban J connectivity index is 1.47. The van der Waals surface area contributed by atoms with Crippen LogP contribution in [0.15, 0.2) is 18.3 Å². The third kappa shape index (κ3) is 2.35. The van der Waals surface area contributed by atoms with Gasteiger partial charge in [-0.2, -0.15) is 0 Å². The summed E-state index contributed by atoms with van der Waals surface area (Å²) in [7, 11) is 0. The van der Waals surface area contributed by atoms with Gasteiger partial charge in [0.1, 0.15) is 5.82 Å². The van der Waals surface area contributed by atoms with E-state index in [1.165, 1.54) is 32.1 Å². The highest BCUT2D eigenvalue weighted by atomic mass is 16.2. The summed E-state index contributed by atoms with van der Waals surface area (Å²) < 4.78 is 0. The highest BCUT2D eigenvalue weighted by molar-refractivity contribution is 5.92. The summed E-state index contributed by atoms with van der Waals surface area (Å²) in [4.78, 5) is 17.0. The van der Waals surface area contributed by atoms with Crippen molar-refractivity contribution in [3.8, 4) is 0 Å². The number of nitrogens with two attached hydrogens (primary N) is 1. The van der Waals surface area contributed by atoms with Crippen LogP contribution in [0.25, 0.3) is 0 Å². The van der Waals surface area contributed by atoms with Gasteiger partial charge < -0.3 is 11.1 Å². The first-order chi connectivity index (χ1) is 10.2. The van der Waals surface area contributed by atoms with Gasteiger partial charge in [-0.1, -0.05) is 6.07 Å². The van der Waals surface area contributed by atoms with E-state index in [1.54, 1.807) is 6.20 Å². The standard InChI is InChI=1S/C17H23N3O/c18-8-10-1-2-15(19-9-10)20-17(21)16-13-4-11-3-12(6-13)7-14(16)5-11/h1-2,9,11-14,16H,3-8,18H2,(H,19,20,21). The van der Waals surface area contributed by atoms with Crippen molar-refractivity contribution in [3.05, 3.63) is 23.9 Å². The molecule has 4 bridgehead atoms. The van der Waals surface area contributed by atoms with Crippen molar-refractivity contribution < 1.29 is 4.79 Å². The minimum absolute atomic E-state index is 0.191. The van der Waals surface area contributed by atoms with Crippen LogP contribution >= 0.6 is 0 Å². The van der Waals surface area contributed by atoms with Crippen LogP contribution in [0.2, 0.25) is 0 Å². The van der Waals surface area contributed by atoms with E-state index in [9.17, 15) is 4.79 Å². The molecule has 0 atom stereocenters. The smallest absolute Gasteiger partial charge is 0.229 e. The van der Waals surface area contributed by atoms with Crippen LogP contribution in [0.1, 0.15) is 37.7 Å². The van der Waals surface area contributed by atoms with E-state index in [4.69, 9.17) is 5.73 Å². The number of aromatic nitrogens is 1. The molecule has 4 aliphatic carbocycles. The number of nitrogens with zero attached hydrogens (tertiary/aromatic N) is 1. The SMILES string of the molecule is NCc1ccc(NC(=O)C2C3CC4CC(C3)CC2C4)nc1. The molecule has 1 amide bonds. The summed E-state index contributed by atoms with van der Waals surface area (Å²) in [6, 6.07) is 3.79. The van der Waals surface area contributed by atoms with Crippen LogP contribution in [0, 0.1) is 29.6 Å². The van der Waals surface area contributed by atoms with E-state index < -0.39 is 0 Å². The molecule has 1 heterocycles. The van der Waals surface area contributed by atoms with Gasteiger partial charge in [0.05, 0.1) is 0 Å². The molecule has 0 radical (unpaired) electrons. The first kappa shape index (κ1) is 13.3. The topological polar surface area (TPSA) is 68.0 Å². The second-order valence-electron chi connectivity index (χ2n) is 7.20. The molecule has 21 heavy (non-hydrogen) atoms. The van der Waals surface area contributed by atoms with Crippen molar-refractivity contribution in [2.24, 2.45) is 35.3 Å². The number of pyridine rings is 1. The van der Waals surface area contributed by atoms with Crippen LogP contribution in [0.5, 0.6) is 0 Å². The lowest BCUT2D eigenvalue weighted by Crippen LogP contribution is -2.49. The molecule has 0 saturated heterocycles. The summed E-state index contributed by atoms with van der Waals surface area (Å²) in [5.41, 5.74) is 6.56. The van der Waals surface area contributed by atoms with Gasteiger partial charge >= 0.3 is 0 Å². The van der Waals surface area contributed by atoms with Gasteiger partial charge in [0.15, 0.2) is 0 Å². The van der Waals surface area contributed by atoms with Gasteiger partial charge in [0.25, 0.3) is 0 Å². The van der Waals surface area contributed by atoms with Crippen LogP contribution < -0.4 is 11.1 Å². The number of carbonyl (C=O) groups excluding carboxylic acids is 1. The minimum Gasteiger partial charge on any atom is -0.326 e. The predicted octanol–water partition coefficient (Wildman–Crippen LogP) is 2.55. The fourth-order valence-electron chi connectivity index (χ4n) is 5.18. The van der Waals surface area contributed by atoms with Crippen molar-refractivity contribution in [3.63, 3.8) is 0 Å². The fraction of sp³-hybridized carbons (Fsp3) is 0.647. The average Bonchev–Trinajstić information content (AvgIpc) is 2.47. The first-order valence-corrected chi connectivity index (χ1v) is 8.18. The average molecular weight is 285 g/mol. The Morgan fingerprint density at radius 1 is 1.14 bits per heavy atom. The highest BCUT2D eigenvalue weighted by Crippen LogP contribution is 2.56. The lowest BCUT2D eigenvalue weighted by molar-refractivity contribution is -0.132. The number of nitrogens with one attached hydrogen (secondary N) is 1. The first-order valence-electron chi connectivity index (χ1n) is 8.18. The molecule has 0 aromatic carbocycles. The molecule has 0 spiro atoms. The summed E-state index contributed by atoms with van der Waals surface area (Å²) >= 11 is 0. The maximum absolute atomic E-state index is 12.7. The molecule has 0 unspecified atom stereocenters. The Morgan fingerprint density at radius 2 is 1.81 bits per heavy atom. The number of hydrogen-bond donors (Lipinski definition) is 2. The summed E-state index contributed by atoms with van der Waals surface area (Å²) in [5.74, 6) is 4.10. The normalized spacial score (nSPS) is 36.7. The van der Waals surface area contributed by atoms with Crippen molar-refractivity contribution in [2.45, 2.75) is 38.6 Å². The molecule has 4 fully saturated rings. The Kier molecular flexibility index (Phi) is 3.21. The third-order valence-corrected chi connectivity index (χ3v) is 5.84. The molecule has 1 aromatic rings. The zero-order chi connectivity index (χ0) is 14.4. The molecule has 0 aliphatic heterocycles. The molecule has 112 valence electrons. The van der Waals surface area contributed by atoms with Gasteiger partial charge in [-0.15, -0.1) is 0 Å². The summed E-state index contributed by atoms with van der Waals surface area (Å²) in [6.07, 6.45) is 8.24. The van der Waals surface area contributed by atoms with Crippen molar-refractivity contribution in [2.75, 3.05) is 5.32 Å². The molecule has 1 aromatic heterocycles. The predicted molar refractivity (Wildman–Crippen MR) is 81.3 cm³/mol. The van der Waals surface area contributed by atoms with Gasteiger partial charge in [0.2, 0.25) is 5.91 Å². The maximum atomic E-state index is 12.7. The number of amides is 1. The van der Waals surface area contributed by atoms with E-state index in [0.717, 1.165) is 17.4 Å². The van der Waals surface area contributed by atoms with E-state index in [0.29, 0.717) is 24.2 Å². The molecule has 3 N–H and O–H groups in total. The van der Waals surface area contributed by atoms with Gasteiger partial charge in [-0.05, 0) is 67.4 Å². The Morgan fingerprint density at radius 3 is 2.33 bits per heavy atom. The van der Waals surface area contributed by atoms with Crippen molar-refractivity contribution in [1.82, 2.24) is 4.98 Å². The lowest BCUT2D eigenvalue weighted by atomic mass is 9.51. The minimum atomic E-state index is 0.191. The summed E-state index contributed by atoms with van der Waals surface area (Å²) in [6.45, 7) is 0.483. The second-order valence-corrected chi connectivity index (χ2v) is 7.20. The number of anilines is 1. The van der Waals surface area contributed by atoms with E-state index in [2.05, 4.69) is 10.3 Å². The van der Waals surface area contributed by atoms with E-state index in [1.807, 2.05) is 12.1 Å². The van der Waals surface area contributed by atoms with Gasteiger partial charge in [-0.25, -0.2) is 4.98 Å². The lowest BCUT2D eigenvalue weighted by Gasteiger charge is -2.53. The summed E-state index contributed by atoms with van der Waals surface area (Å²) in [5, 5.41) is 3.03. The number of carbonyl (C=O) groups is 1. The van der Waals surface area contributed by atoms with Crippen LogP contribution in [0.4, 0.5) is 5.82 Å². The second kappa shape index (κ2) is 5.09. The molecule has 5 rings (SSSR count). The molecule has 4 aliphatic rings. The quantitative estimate of drug-likeness (QED) is 0.896. The largest absolute Gasteiger partial charge is 0.326 e. The van der Waals surface area contributed by atoms with E-state index in [-0.39, 0.29) is 11.8 Å². The van der Waals surface area contributed by atoms with Crippen molar-refractivity contribution >= 4 is 11.7 Å². The Hall–Kier alpha value is -1.42. The Labute approximate surface area is 125 Å². The monoisotopic (exact) mass is 285 g/mol. The molecule has 4 nitrogen and oxygen atoms in total. The van der Waals surface area contributed by atoms with Gasteiger partial charge in [-0.3, -0.25) is 4.79 Å². The van der Waals surface area contributed by atoms with Crippen LogP contribution in [-0.2, 0) is 11.3 Å². The highest BCUT2D eigenvalue weighted by Gasteiger charge is 2.50. The van der Waals surface area contributed by atoms with Gasteiger partial charge in [0, 0.05) is 18.7 Å². The molecule has 4 heteroatoms. The van der Waals surface area contributed by atoms with Crippen molar-refractivity contribution in [1.29, 1.82) is 0 Å². The zero-order valence-corrected chi connectivity index (χ0v) is 12.3. The van der Waals surface area contributed by atoms with Crippen LogP contribution in [-0.4, -0.2) is 10.9 Å².